The maximum atomic E-state index is 7.70. The van der Waals surface area contributed by atoms with Crippen molar-refractivity contribution in [2.75, 3.05) is 0 Å². The van der Waals surface area contributed by atoms with Gasteiger partial charge in [0.15, 0.2) is 0 Å². The predicted molar refractivity (Wildman–Crippen MR) is 68.4 cm³/mol. The first kappa shape index (κ1) is 9.49. The van der Waals surface area contributed by atoms with E-state index in [0.717, 1.165) is 11.3 Å². The molecule has 80 valence electrons. The lowest BCUT2D eigenvalue weighted by molar-refractivity contribution is 0.572. The van der Waals surface area contributed by atoms with Crippen LogP contribution in [-0.4, -0.2) is 0 Å². The van der Waals surface area contributed by atoms with Crippen molar-refractivity contribution in [3.8, 4) is 11.3 Å². The Kier molecular flexibility index (Phi) is 2.88. The molecule has 0 amide bonds. The molecule has 0 fully saturated rings. The van der Waals surface area contributed by atoms with Crippen LogP contribution < -0.4 is 0 Å². The molecule has 0 bridgehead atoms. The van der Waals surface area contributed by atoms with Crippen molar-refractivity contribution in [2.45, 2.75) is 0 Å². The molecule has 1 heterocycles. The van der Waals surface area contributed by atoms with Crippen molar-refractivity contribution < 1.29 is 5.79 Å². The molecule has 0 atom stereocenters. The highest BCUT2D eigenvalue weighted by Crippen LogP contribution is 2.24. The van der Waals surface area contributed by atoms with Crippen molar-refractivity contribution in [1.29, 1.82) is 0 Å². The van der Waals surface area contributed by atoms with E-state index in [1.807, 2.05) is 18.2 Å². The van der Waals surface area contributed by atoms with Gasteiger partial charge >= 0.3 is 0 Å². The minimum atomic E-state index is 0.306. The Hall–Kier alpha value is -1.73. The van der Waals surface area contributed by atoms with E-state index in [4.69, 9.17) is 17.4 Å². The second-order valence-electron chi connectivity index (χ2n) is 3.22. The highest BCUT2D eigenvalue weighted by atomic mass is 35.5. The maximum Gasteiger partial charge on any atom is 0.134 e. The Balaban J connectivity index is 2.32. The van der Waals surface area contributed by atoms with E-state index < -0.39 is 0 Å². The van der Waals surface area contributed by atoms with Gasteiger partial charge in [0.1, 0.15) is 11.5 Å². The Morgan fingerprint density at radius 1 is 1.19 bits per heavy atom. The molecule has 0 aliphatic heterocycles. The lowest BCUT2D eigenvalue weighted by Crippen LogP contribution is -1.71. The third kappa shape index (κ3) is 2.44. The van der Waals surface area contributed by atoms with E-state index in [2.05, 4.69) is 6.58 Å². The molecule has 0 aliphatic rings. The first-order valence-corrected chi connectivity index (χ1v) is 5.24. The van der Waals surface area contributed by atoms with Crippen LogP contribution in [0.3, 0.4) is 0 Å². The number of halogens is 1. The summed E-state index contributed by atoms with van der Waals surface area (Å²) in [5.41, 5.74) is 0.937. The fourth-order valence-electron chi connectivity index (χ4n) is 1.33. The Labute approximate surface area is 101 Å². The van der Waals surface area contributed by atoms with Crippen LogP contribution in [0.1, 0.15) is 7.13 Å². The second-order valence-corrected chi connectivity index (χ2v) is 3.65. The monoisotopic (exact) mass is 231 g/mol. The van der Waals surface area contributed by atoms with Gasteiger partial charge in [-0.3, -0.25) is 0 Å². The molecular formula is C14H11ClO. The molecule has 0 radical (unpaired) electrons. The predicted octanol–water partition coefficient (Wildman–Crippen LogP) is 4.80. The van der Waals surface area contributed by atoms with Crippen LogP contribution in [0, 0.1) is 0 Å². The number of benzene rings is 1. The Morgan fingerprint density at radius 2 is 1.94 bits per heavy atom. The second kappa shape index (κ2) is 4.86. The van der Waals surface area contributed by atoms with Gasteiger partial charge in [0.25, 0.3) is 0 Å². The van der Waals surface area contributed by atoms with E-state index in [-0.39, 0.29) is 0 Å². The average molecular weight is 232 g/mol. The van der Waals surface area contributed by atoms with Crippen LogP contribution in [0.2, 0.25) is 5.02 Å². The summed E-state index contributed by atoms with van der Waals surface area (Å²) in [6.45, 7) is 3.55. The summed E-state index contributed by atoms with van der Waals surface area (Å²) in [6, 6.07) is 11.3. The van der Waals surface area contributed by atoms with Crippen LogP contribution in [0.5, 0.6) is 0 Å². The quantitative estimate of drug-likeness (QED) is 0.692. The van der Waals surface area contributed by atoms with Gasteiger partial charge in [0.2, 0.25) is 0 Å². The molecule has 2 aromatic rings. The van der Waals surface area contributed by atoms with Crippen molar-refractivity contribution in [3.63, 3.8) is 0 Å². The molecule has 0 spiro atoms. The number of rotatable bonds is 3. The summed E-state index contributed by atoms with van der Waals surface area (Å²) in [5, 5.41) is 0.688. The van der Waals surface area contributed by atoms with E-state index in [0.29, 0.717) is 16.8 Å². The summed E-state index contributed by atoms with van der Waals surface area (Å²) in [6.07, 6.45) is 3.15. The van der Waals surface area contributed by atoms with Crippen molar-refractivity contribution in [2.24, 2.45) is 0 Å². The zero-order chi connectivity index (χ0) is 12.3. The van der Waals surface area contributed by atoms with Crippen LogP contribution in [0.25, 0.3) is 17.4 Å². The summed E-state index contributed by atoms with van der Waals surface area (Å²) >= 11 is 5.82. The number of furan rings is 1. The molecule has 0 saturated heterocycles. The minimum absolute atomic E-state index is 0.306. The highest BCUT2D eigenvalue weighted by Gasteiger charge is 2.02. The van der Waals surface area contributed by atoms with E-state index >= 15 is 0 Å². The van der Waals surface area contributed by atoms with Crippen LogP contribution in [0.15, 0.2) is 59.5 Å². The van der Waals surface area contributed by atoms with Crippen LogP contribution in [0.4, 0.5) is 0 Å². The molecule has 2 rings (SSSR count). The largest absolute Gasteiger partial charge is 0.457 e. The first-order valence-electron chi connectivity index (χ1n) is 5.36. The summed E-state index contributed by atoms with van der Waals surface area (Å²) in [7, 11) is 0. The fourth-order valence-corrected chi connectivity index (χ4v) is 1.45. The third-order valence-corrected chi connectivity index (χ3v) is 2.33. The molecular weight excluding hydrogens is 220 g/mol. The van der Waals surface area contributed by atoms with Crippen molar-refractivity contribution in [1.82, 2.24) is 0 Å². The molecule has 0 N–H and O–H groups in total. The van der Waals surface area contributed by atoms with Gasteiger partial charge in [0.05, 0.1) is 1.37 Å². The molecule has 0 saturated carbocycles. The van der Waals surface area contributed by atoms with Gasteiger partial charge in [-0.25, -0.2) is 0 Å². The summed E-state index contributed by atoms with van der Waals surface area (Å²) in [4.78, 5) is 0. The van der Waals surface area contributed by atoms with Crippen molar-refractivity contribution in [3.05, 3.63) is 65.9 Å². The van der Waals surface area contributed by atoms with Gasteiger partial charge in [-0.1, -0.05) is 30.3 Å². The van der Waals surface area contributed by atoms with Gasteiger partial charge in [-0.05, 0) is 42.5 Å². The molecule has 1 nitrogen and oxygen atoms in total. The van der Waals surface area contributed by atoms with E-state index in [1.54, 1.807) is 30.4 Å². The zero-order valence-corrected chi connectivity index (χ0v) is 9.37. The molecule has 2 heteroatoms. The fraction of sp³-hybridized carbons (Fsp3) is 0. The smallest absolute Gasteiger partial charge is 0.134 e. The van der Waals surface area contributed by atoms with Gasteiger partial charge < -0.3 is 4.42 Å². The number of hydrogen-bond acceptors (Lipinski definition) is 1. The maximum absolute atomic E-state index is 7.70. The summed E-state index contributed by atoms with van der Waals surface area (Å²) in [5.74, 6) is 1.24. The third-order valence-electron chi connectivity index (χ3n) is 2.08. The average Bonchev–Trinajstić information content (AvgIpc) is 2.80. The Morgan fingerprint density at radius 3 is 2.62 bits per heavy atom. The minimum Gasteiger partial charge on any atom is -0.457 e. The lowest BCUT2D eigenvalue weighted by atomic mass is 10.2. The van der Waals surface area contributed by atoms with Crippen LogP contribution >= 0.6 is 11.6 Å². The number of hydrogen-bond donors (Lipinski definition) is 0. The highest BCUT2D eigenvalue weighted by molar-refractivity contribution is 6.30. The molecule has 0 aliphatic carbocycles. The standard InChI is InChI=1S/C14H11ClO/c1-2-3-4-13-9-10-14(16-13)11-5-7-12(15)8-6-11/h2-10H,1H2/b4-3+/i4D. The molecule has 0 unspecified atom stereocenters. The molecule has 16 heavy (non-hydrogen) atoms. The van der Waals surface area contributed by atoms with Crippen molar-refractivity contribution >= 4 is 17.7 Å². The topological polar surface area (TPSA) is 13.1 Å². The van der Waals surface area contributed by atoms with Gasteiger partial charge in [0, 0.05) is 10.6 Å². The van der Waals surface area contributed by atoms with Gasteiger partial charge in [-0.15, -0.1) is 0 Å². The molecule has 1 aromatic heterocycles. The zero-order valence-electron chi connectivity index (χ0n) is 9.61. The SMILES string of the molecule is [2H]/C(=C\C=C)c1ccc(-c2ccc(Cl)cc2)o1. The van der Waals surface area contributed by atoms with Crippen LogP contribution in [-0.2, 0) is 0 Å². The lowest BCUT2D eigenvalue weighted by Gasteiger charge is -1.96. The normalized spacial score (nSPS) is 12.3. The van der Waals surface area contributed by atoms with E-state index in [1.165, 1.54) is 0 Å². The van der Waals surface area contributed by atoms with E-state index in [9.17, 15) is 0 Å². The summed E-state index contributed by atoms with van der Waals surface area (Å²) < 4.78 is 13.3. The molecule has 1 aromatic carbocycles. The van der Waals surface area contributed by atoms with Gasteiger partial charge in [-0.2, -0.15) is 0 Å². The number of allylic oxidation sites excluding steroid dienone is 2. The Bertz CT molecular complexity index is 552. The first-order chi connectivity index (χ1) is 8.20.